The van der Waals surface area contributed by atoms with Crippen LogP contribution in [0.3, 0.4) is 0 Å². The second-order valence-corrected chi connectivity index (χ2v) is 7.26. The van der Waals surface area contributed by atoms with Crippen molar-refractivity contribution in [2.24, 2.45) is 0 Å². The van der Waals surface area contributed by atoms with Crippen LogP contribution in [0.5, 0.6) is 0 Å². The van der Waals surface area contributed by atoms with Gasteiger partial charge in [0.05, 0.1) is 17.9 Å². The second kappa shape index (κ2) is 5.28. The average Bonchev–Trinajstić information content (AvgIpc) is 3.07. The quantitative estimate of drug-likeness (QED) is 0.866. The smallest absolute Gasteiger partial charge is 0.214 e. The van der Waals surface area contributed by atoms with Crippen molar-refractivity contribution in [2.45, 2.75) is 18.4 Å². The topological polar surface area (TPSA) is 55.4 Å². The van der Waals surface area contributed by atoms with Crippen LogP contribution in [0.2, 0.25) is 0 Å². The van der Waals surface area contributed by atoms with Crippen LogP contribution in [0.25, 0.3) is 0 Å². The molecule has 0 spiro atoms. The third kappa shape index (κ3) is 3.32. The largest absolute Gasteiger partial charge is 0.384 e. The van der Waals surface area contributed by atoms with Gasteiger partial charge in [0.1, 0.15) is 0 Å². The number of hydrogen-bond acceptors (Lipinski definition) is 3. The molecule has 6 heteroatoms. The molecule has 0 aliphatic heterocycles. The molecule has 1 aliphatic rings. The van der Waals surface area contributed by atoms with Gasteiger partial charge in [0.2, 0.25) is 10.0 Å². The molecule has 1 aromatic carbocycles. The molecule has 1 saturated carbocycles. The number of ether oxygens (including phenoxy) is 1. The summed E-state index contributed by atoms with van der Waals surface area (Å²) >= 11 is 3.37. The summed E-state index contributed by atoms with van der Waals surface area (Å²) in [4.78, 5) is 0. The number of hydrogen-bond donors (Lipinski definition) is 1. The van der Waals surface area contributed by atoms with E-state index >= 15 is 0 Å². The number of sulfonamides is 1. The lowest BCUT2D eigenvalue weighted by molar-refractivity contribution is 0.216. The van der Waals surface area contributed by atoms with Crippen molar-refractivity contribution in [2.75, 3.05) is 19.5 Å². The van der Waals surface area contributed by atoms with E-state index in [-0.39, 0.29) is 12.4 Å². The summed E-state index contributed by atoms with van der Waals surface area (Å²) in [6.07, 6.45) is 1.70. The van der Waals surface area contributed by atoms with E-state index in [1.54, 1.807) is 0 Å². The summed E-state index contributed by atoms with van der Waals surface area (Å²) < 4.78 is 32.4. The molecule has 1 fully saturated rings. The van der Waals surface area contributed by atoms with Crippen molar-refractivity contribution < 1.29 is 13.2 Å². The first kappa shape index (κ1) is 14.0. The van der Waals surface area contributed by atoms with Crippen LogP contribution in [0.1, 0.15) is 18.4 Å². The molecule has 2 rings (SSSR count). The summed E-state index contributed by atoms with van der Waals surface area (Å²) in [6.45, 7) is 0.214. The number of methoxy groups -OCH3 is 1. The molecule has 0 bridgehead atoms. The van der Waals surface area contributed by atoms with E-state index in [2.05, 4.69) is 20.7 Å². The fourth-order valence-electron chi connectivity index (χ4n) is 1.89. The lowest BCUT2D eigenvalue weighted by Crippen LogP contribution is -2.37. The molecular weight excluding hydrogens is 318 g/mol. The monoisotopic (exact) mass is 333 g/mol. The van der Waals surface area contributed by atoms with E-state index in [1.165, 1.54) is 7.11 Å². The molecule has 4 nitrogen and oxygen atoms in total. The normalized spacial score (nSPS) is 17.7. The van der Waals surface area contributed by atoms with Gasteiger partial charge in [-0.05, 0) is 30.5 Å². The SMILES string of the molecule is COCCS(=O)(=O)NC1(c2ccc(Br)cc2)CC1. The minimum absolute atomic E-state index is 0.00176. The molecule has 0 amide bonds. The summed E-state index contributed by atoms with van der Waals surface area (Å²) in [5.74, 6) is 0.00176. The maximum absolute atomic E-state index is 11.9. The molecule has 18 heavy (non-hydrogen) atoms. The number of benzene rings is 1. The minimum atomic E-state index is -3.28. The van der Waals surface area contributed by atoms with Crippen LogP contribution in [0.4, 0.5) is 0 Å². The van der Waals surface area contributed by atoms with Crippen LogP contribution in [0, 0.1) is 0 Å². The van der Waals surface area contributed by atoms with Crippen molar-refractivity contribution in [1.82, 2.24) is 4.72 Å². The maximum Gasteiger partial charge on any atom is 0.214 e. The van der Waals surface area contributed by atoms with Crippen molar-refractivity contribution in [1.29, 1.82) is 0 Å². The molecule has 0 atom stereocenters. The molecular formula is C12H16BrNO3S. The van der Waals surface area contributed by atoms with Crippen molar-refractivity contribution >= 4 is 26.0 Å². The molecule has 1 aliphatic carbocycles. The van der Waals surface area contributed by atoms with Crippen LogP contribution in [0.15, 0.2) is 28.7 Å². The molecule has 1 aromatic rings. The van der Waals surface area contributed by atoms with Gasteiger partial charge in [0, 0.05) is 11.6 Å². The molecule has 0 radical (unpaired) electrons. The van der Waals surface area contributed by atoms with Crippen molar-refractivity contribution in [3.63, 3.8) is 0 Å². The van der Waals surface area contributed by atoms with E-state index < -0.39 is 15.6 Å². The first-order chi connectivity index (χ1) is 8.47. The zero-order chi connectivity index (χ0) is 13.2. The zero-order valence-electron chi connectivity index (χ0n) is 10.1. The van der Waals surface area contributed by atoms with Gasteiger partial charge in [-0.2, -0.15) is 0 Å². The summed E-state index contributed by atoms with van der Waals surface area (Å²) in [6, 6.07) is 7.77. The molecule has 0 aromatic heterocycles. The molecule has 0 saturated heterocycles. The van der Waals surface area contributed by atoms with Gasteiger partial charge in [-0.3, -0.25) is 0 Å². The predicted octanol–water partition coefficient (Wildman–Crippen LogP) is 2.00. The highest BCUT2D eigenvalue weighted by atomic mass is 79.9. The summed E-state index contributed by atoms with van der Waals surface area (Å²) in [5, 5.41) is 0. The highest BCUT2D eigenvalue weighted by molar-refractivity contribution is 9.10. The zero-order valence-corrected chi connectivity index (χ0v) is 12.6. The van der Waals surface area contributed by atoms with Crippen LogP contribution < -0.4 is 4.72 Å². The molecule has 100 valence electrons. The Morgan fingerprint density at radius 2 is 1.94 bits per heavy atom. The Labute approximate surface area is 116 Å². The Morgan fingerprint density at radius 1 is 1.33 bits per heavy atom. The van der Waals surface area contributed by atoms with Gasteiger partial charge >= 0.3 is 0 Å². The minimum Gasteiger partial charge on any atom is -0.384 e. The first-order valence-corrected chi connectivity index (χ1v) is 8.19. The van der Waals surface area contributed by atoms with E-state index in [0.29, 0.717) is 0 Å². The van der Waals surface area contributed by atoms with E-state index in [9.17, 15) is 8.42 Å². The van der Waals surface area contributed by atoms with Crippen molar-refractivity contribution in [3.05, 3.63) is 34.3 Å². The van der Waals surface area contributed by atoms with Gasteiger partial charge in [-0.15, -0.1) is 0 Å². The standard InChI is InChI=1S/C12H16BrNO3S/c1-17-8-9-18(15,16)14-12(6-7-12)10-2-4-11(13)5-3-10/h2-5,14H,6-9H2,1H3. The van der Waals surface area contributed by atoms with Gasteiger partial charge < -0.3 is 4.74 Å². The lowest BCUT2D eigenvalue weighted by atomic mass is 10.1. The van der Waals surface area contributed by atoms with E-state index in [4.69, 9.17) is 4.74 Å². The van der Waals surface area contributed by atoms with Crippen LogP contribution >= 0.6 is 15.9 Å². The number of rotatable bonds is 6. The molecule has 0 heterocycles. The second-order valence-electron chi connectivity index (χ2n) is 4.50. The highest BCUT2D eigenvalue weighted by Crippen LogP contribution is 2.46. The van der Waals surface area contributed by atoms with E-state index in [0.717, 1.165) is 22.9 Å². The van der Waals surface area contributed by atoms with Crippen LogP contribution in [-0.4, -0.2) is 27.9 Å². The molecule has 1 N–H and O–H groups in total. The predicted molar refractivity (Wildman–Crippen MR) is 73.9 cm³/mol. The first-order valence-electron chi connectivity index (χ1n) is 5.74. The van der Waals surface area contributed by atoms with E-state index in [1.807, 2.05) is 24.3 Å². The highest BCUT2D eigenvalue weighted by Gasteiger charge is 2.47. The number of halogens is 1. The summed E-state index contributed by atoms with van der Waals surface area (Å²) in [7, 11) is -1.79. The van der Waals surface area contributed by atoms with Gasteiger partial charge in [0.25, 0.3) is 0 Å². The molecule has 0 unspecified atom stereocenters. The fourth-order valence-corrected chi connectivity index (χ4v) is 3.56. The summed E-state index contributed by atoms with van der Waals surface area (Å²) in [5.41, 5.74) is 0.625. The van der Waals surface area contributed by atoms with Gasteiger partial charge in [0.15, 0.2) is 0 Å². The fraction of sp³-hybridized carbons (Fsp3) is 0.500. The lowest BCUT2D eigenvalue weighted by Gasteiger charge is -2.18. The van der Waals surface area contributed by atoms with Gasteiger partial charge in [-0.1, -0.05) is 28.1 Å². The third-order valence-electron chi connectivity index (χ3n) is 3.05. The Bertz CT molecular complexity index is 509. The Kier molecular flexibility index (Phi) is 4.11. The van der Waals surface area contributed by atoms with Gasteiger partial charge in [-0.25, -0.2) is 13.1 Å². The number of nitrogens with one attached hydrogen (secondary N) is 1. The Balaban J connectivity index is 2.11. The van der Waals surface area contributed by atoms with Crippen LogP contribution in [-0.2, 0) is 20.3 Å². The Morgan fingerprint density at radius 3 is 2.44 bits per heavy atom. The third-order valence-corrected chi connectivity index (χ3v) is 4.99. The average molecular weight is 334 g/mol. The Hall–Kier alpha value is -0.430. The van der Waals surface area contributed by atoms with Crippen molar-refractivity contribution in [3.8, 4) is 0 Å². The maximum atomic E-state index is 11.9.